The highest BCUT2D eigenvalue weighted by Crippen LogP contribution is 2.13. The highest BCUT2D eigenvalue weighted by Gasteiger charge is 2.23. The summed E-state index contributed by atoms with van der Waals surface area (Å²) in [6.45, 7) is 7.17. The lowest BCUT2D eigenvalue weighted by Crippen LogP contribution is -2.37. The van der Waals surface area contributed by atoms with Crippen LogP contribution in [0.4, 0.5) is 0 Å². The van der Waals surface area contributed by atoms with Gasteiger partial charge in [-0.05, 0) is 31.5 Å². The summed E-state index contributed by atoms with van der Waals surface area (Å²) in [6, 6.07) is 7.64. The van der Waals surface area contributed by atoms with Crippen molar-refractivity contribution in [1.82, 2.24) is 9.80 Å². The molecule has 5 nitrogen and oxygen atoms in total. The van der Waals surface area contributed by atoms with Gasteiger partial charge >= 0.3 is 5.97 Å². The molecule has 1 aliphatic heterocycles. The first-order valence-electron chi connectivity index (χ1n) is 7.79. The molecule has 1 fully saturated rings. The molecule has 22 heavy (non-hydrogen) atoms. The van der Waals surface area contributed by atoms with E-state index in [4.69, 9.17) is 5.11 Å². The maximum Gasteiger partial charge on any atom is 0.307 e. The molecule has 0 saturated carbocycles. The Hall–Kier alpha value is -1.88. The van der Waals surface area contributed by atoms with Gasteiger partial charge in [-0.3, -0.25) is 9.59 Å². The van der Waals surface area contributed by atoms with Gasteiger partial charge in [-0.2, -0.15) is 0 Å². The predicted octanol–water partition coefficient (Wildman–Crippen LogP) is 1.86. The number of carboxylic acids is 1. The first-order chi connectivity index (χ1) is 10.5. The second kappa shape index (κ2) is 7.40. The number of rotatable bonds is 4. The van der Waals surface area contributed by atoms with Crippen molar-refractivity contribution >= 4 is 11.9 Å². The van der Waals surface area contributed by atoms with Gasteiger partial charge in [0.05, 0.1) is 5.92 Å². The quantitative estimate of drug-likeness (QED) is 0.922. The number of aliphatic carboxylic acids is 1. The minimum absolute atomic E-state index is 0.0752. The maximum absolute atomic E-state index is 12.6. The molecule has 1 aliphatic rings. The van der Waals surface area contributed by atoms with Crippen molar-refractivity contribution in [3.05, 3.63) is 35.4 Å². The first-order valence-corrected chi connectivity index (χ1v) is 7.79. The van der Waals surface area contributed by atoms with Gasteiger partial charge in [0.2, 0.25) is 0 Å². The van der Waals surface area contributed by atoms with E-state index in [2.05, 4.69) is 4.90 Å². The molecule has 1 N–H and O–H groups in total. The first kappa shape index (κ1) is 16.5. The molecule has 1 amide bonds. The van der Waals surface area contributed by atoms with Gasteiger partial charge in [-0.1, -0.05) is 25.1 Å². The number of carbonyl (C=O) groups excluding carboxylic acids is 1. The zero-order valence-electron chi connectivity index (χ0n) is 13.3. The molecule has 1 saturated heterocycles. The fourth-order valence-corrected chi connectivity index (χ4v) is 2.81. The Kier molecular flexibility index (Phi) is 5.55. The van der Waals surface area contributed by atoms with Crippen LogP contribution in [0.5, 0.6) is 0 Å². The van der Waals surface area contributed by atoms with Crippen LogP contribution in [0.15, 0.2) is 24.3 Å². The zero-order valence-corrected chi connectivity index (χ0v) is 13.3. The third kappa shape index (κ3) is 4.07. The Labute approximate surface area is 131 Å². The Morgan fingerprint density at radius 2 is 1.91 bits per heavy atom. The normalized spacial score (nSPS) is 17.8. The number of benzene rings is 1. The summed E-state index contributed by atoms with van der Waals surface area (Å²) >= 11 is 0. The molecule has 120 valence electrons. The molecule has 0 bridgehead atoms. The standard InChI is InChI=1S/C17H24N2O3/c1-13-6-3-4-7-15(13)16(20)19-9-5-8-18(10-11-19)12-14(2)17(21)22/h3-4,6-7,14H,5,8-12H2,1-2H3,(H,21,22). The predicted molar refractivity (Wildman–Crippen MR) is 84.9 cm³/mol. The average Bonchev–Trinajstić information content (AvgIpc) is 2.72. The van der Waals surface area contributed by atoms with Crippen LogP contribution in [0.25, 0.3) is 0 Å². The Bertz CT molecular complexity index is 544. The van der Waals surface area contributed by atoms with Crippen LogP contribution in [0.3, 0.4) is 0 Å². The molecule has 1 aromatic rings. The lowest BCUT2D eigenvalue weighted by Gasteiger charge is -2.23. The number of carbonyl (C=O) groups is 2. The number of nitrogens with zero attached hydrogens (tertiary/aromatic N) is 2. The van der Waals surface area contributed by atoms with Crippen molar-refractivity contribution in [3.63, 3.8) is 0 Å². The lowest BCUT2D eigenvalue weighted by atomic mass is 10.1. The average molecular weight is 304 g/mol. The summed E-state index contributed by atoms with van der Waals surface area (Å²) in [5, 5.41) is 9.01. The van der Waals surface area contributed by atoms with E-state index in [1.165, 1.54) is 0 Å². The largest absolute Gasteiger partial charge is 0.481 e. The number of amides is 1. The van der Waals surface area contributed by atoms with Gasteiger partial charge in [0.25, 0.3) is 5.91 Å². The molecule has 0 aliphatic carbocycles. The van der Waals surface area contributed by atoms with E-state index < -0.39 is 5.97 Å². The van der Waals surface area contributed by atoms with Gasteiger partial charge < -0.3 is 14.9 Å². The molecule has 0 spiro atoms. The molecular formula is C17H24N2O3. The lowest BCUT2D eigenvalue weighted by molar-refractivity contribution is -0.141. The van der Waals surface area contributed by atoms with Crippen molar-refractivity contribution in [3.8, 4) is 0 Å². The minimum Gasteiger partial charge on any atom is -0.481 e. The van der Waals surface area contributed by atoms with Crippen LogP contribution in [-0.2, 0) is 4.79 Å². The van der Waals surface area contributed by atoms with E-state index >= 15 is 0 Å². The smallest absolute Gasteiger partial charge is 0.307 e. The maximum atomic E-state index is 12.6. The van der Waals surface area contributed by atoms with Crippen molar-refractivity contribution in [2.45, 2.75) is 20.3 Å². The van der Waals surface area contributed by atoms with Crippen LogP contribution in [0.2, 0.25) is 0 Å². The highest BCUT2D eigenvalue weighted by molar-refractivity contribution is 5.95. The van der Waals surface area contributed by atoms with E-state index in [0.29, 0.717) is 13.1 Å². The van der Waals surface area contributed by atoms with Crippen LogP contribution < -0.4 is 0 Å². The number of carboxylic acid groups (broad SMARTS) is 1. The summed E-state index contributed by atoms with van der Waals surface area (Å²) in [4.78, 5) is 27.6. The Balaban J connectivity index is 1.97. The van der Waals surface area contributed by atoms with Crippen LogP contribution in [-0.4, -0.2) is 59.5 Å². The van der Waals surface area contributed by atoms with Crippen molar-refractivity contribution in [1.29, 1.82) is 0 Å². The second-order valence-electron chi connectivity index (χ2n) is 6.00. The van der Waals surface area contributed by atoms with Gasteiger partial charge in [-0.25, -0.2) is 0 Å². The number of hydrogen-bond donors (Lipinski definition) is 1. The molecule has 0 aromatic heterocycles. The Morgan fingerprint density at radius 3 is 2.59 bits per heavy atom. The van der Waals surface area contributed by atoms with E-state index in [0.717, 1.165) is 37.2 Å². The van der Waals surface area contributed by atoms with E-state index in [9.17, 15) is 9.59 Å². The summed E-state index contributed by atoms with van der Waals surface area (Å²) in [5.74, 6) is -1.07. The molecule has 5 heteroatoms. The molecular weight excluding hydrogens is 280 g/mol. The molecule has 2 rings (SSSR count). The summed E-state index contributed by atoms with van der Waals surface area (Å²) < 4.78 is 0. The summed E-state index contributed by atoms with van der Waals surface area (Å²) in [7, 11) is 0. The molecule has 0 radical (unpaired) electrons. The molecule has 1 heterocycles. The molecule has 1 aromatic carbocycles. The van der Waals surface area contributed by atoms with E-state index in [1.807, 2.05) is 36.1 Å². The van der Waals surface area contributed by atoms with Gasteiger partial charge in [0.15, 0.2) is 0 Å². The van der Waals surface area contributed by atoms with Gasteiger partial charge in [-0.15, -0.1) is 0 Å². The third-order valence-electron chi connectivity index (χ3n) is 4.20. The SMILES string of the molecule is Cc1ccccc1C(=O)N1CCCN(CC(C)C(=O)O)CC1. The topological polar surface area (TPSA) is 60.9 Å². The summed E-state index contributed by atoms with van der Waals surface area (Å²) in [5.41, 5.74) is 1.75. The Morgan fingerprint density at radius 1 is 1.18 bits per heavy atom. The molecule has 1 atom stereocenters. The van der Waals surface area contributed by atoms with Crippen LogP contribution >= 0.6 is 0 Å². The molecule has 1 unspecified atom stereocenters. The zero-order chi connectivity index (χ0) is 16.1. The monoisotopic (exact) mass is 304 g/mol. The van der Waals surface area contributed by atoms with E-state index in [1.54, 1.807) is 6.92 Å². The fourth-order valence-electron chi connectivity index (χ4n) is 2.81. The van der Waals surface area contributed by atoms with E-state index in [-0.39, 0.29) is 11.8 Å². The van der Waals surface area contributed by atoms with Crippen molar-refractivity contribution < 1.29 is 14.7 Å². The number of hydrogen-bond acceptors (Lipinski definition) is 3. The number of aryl methyl sites for hydroxylation is 1. The van der Waals surface area contributed by atoms with Crippen molar-refractivity contribution in [2.24, 2.45) is 5.92 Å². The second-order valence-corrected chi connectivity index (χ2v) is 6.00. The van der Waals surface area contributed by atoms with Gasteiger partial charge in [0, 0.05) is 31.7 Å². The van der Waals surface area contributed by atoms with Gasteiger partial charge in [0.1, 0.15) is 0 Å². The third-order valence-corrected chi connectivity index (χ3v) is 4.20. The van der Waals surface area contributed by atoms with Crippen LogP contribution in [0, 0.1) is 12.8 Å². The highest BCUT2D eigenvalue weighted by atomic mass is 16.4. The van der Waals surface area contributed by atoms with Crippen molar-refractivity contribution in [2.75, 3.05) is 32.7 Å². The van der Waals surface area contributed by atoms with Crippen LogP contribution in [0.1, 0.15) is 29.3 Å². The minimum atomic E-state index is -0.767. The summed E-state index contributed by atoms with van der Waals surface area (Å²) in [6.07, 6.45) is 0.879. The fraction of sp³-hybridized carbons (Fsp3) is 0.529.